The Morgan fingerprint density at radius 3 is 2.95 bits per heavy atom. The van der Waals surface area contributed by atoms with Gasteiger partial charge in [-0.3, -0.25) is 4.90 Å². The van der Waals surface area contributed by atoms with Crippen molar-refractivity contribution in [3.8, 4) is 0 Å². The van der Waals surface area contributed by atoms with Crippen molar-refractivity contribution >= 4 is 23.7 Å². The number of halogens is 1. The van der Waals surface area contributed by atoms with Gasteiger partial charge in [0.1, 0.15) is 0 Å². The van der Waals surface area contributed by atoms with Crippen molar-refractivity contribution in [2.75, 3.05) is 39.4 Å². The Labute approximate surface area is 143 Å². The number of hydrogen-bond donors (Lipinski definition) is 2. The van der Waals surface area contributed by atoms with Crippen LogP contribution in [0.25, 0.3) is 0 Å². The molecule has 4 nitrogen and oxygen atoms in total. The van der Waals surface area contributed by atoms with Gasteiger partial charge in [0.05, 0.1) is 19.3 Å². The van der Waals surface area contributed by atoms with E-state index < -0.39 is 0 Å². The number of nitrogens with zero attached hydrogens (tertiary/aromatic N) is 1. The number of morpholine rings is 1. The third-order valence-electron chi connectivity index (χ3n) is 4.67. The molecule has 2 saturated heterocycles. The van der Waals surface area contributed by atoms with Crippen LogP contribution in [0.15, 0.2) is 17.5 Å². The smallest absolute Gasteiger partial charge is 0.0897 e. The van der Waals surface area contributed by atoms with Gasteiger partial charge in [0.2, 0.25) is 0 Å². The first kappa shape index (κ1) is 18.2. The quantitative estimate of drug-likeness (QED) is 0.858. The maximum absolute atomic E-state index is 10.4. The standard InChI is InChI=1S/C16H26N2O2S.ClH/c19-15(16-2-1-9-21-16)10-14-12-20-8-7-18(14)11-13-3-5-17-6-4-13;/h1-2,9,13-15,17,19H,3-8,10-12H2;1H. The fraction of sp³-hybridized carbons (Fsp3) is 0.750. The third-order valence-corrected chi connectivity index (χ3v) is 5.64. The summed E-state index contributed by atoms with van der Waals surface area (Å²) in [5, 5.41) is 15.9. The highest BCUT2D eigenvalue weighted by Gasteiger charge is 2.28. The number of rotatable bonds is 5. The van der Waals surface area contributed by atoms with Gasteiger partial charge in [-0.05, 0) is 49.7 Å². The number of aliphatic hydroxyl groups is 1. The van der Waals surface area contributed by atoms with Gasteiger partial charge in [0, 0.05) is 24.0 Å². The molecule has 3 heterocycles. The zero-order valence-corrected chi connectivity index (χ0v) is 14.6. The summed E-state index contributed by atoms with van der Waals surface area (Å²) in [7, 11) is 0. The average Bonchev–Trinajstić information content (AvgIpc) is 3.05. The van der Waals surface area contributed by atoms with E-state index in [0.29, 0.717) is 6.04 Å². The lowest BCUT2D eigenvalue weighted by molar-refractivity contribution is -0.0333. The summed E-state index contributed by atoms with van der Waals surface area (Å²) in [6, 6.07) is 4.38. The predicted molar refractivity (Wildman–Crippen MR) is 92.9 cm³/mol. The maximum Gasteiger partial charge on any atom is 0.0897 e. The van der Waals surface area contributed by atoms with Gasteiger partial charge in [0.25, 0.3) is 0 Å². The van der Waals surface area contributed by atoms with E-state index in [2.05, 4.69) is 10.2 Å². The van der Waals surface area contributed by atoms with Crippen LogP contribution >= 0.6 is 23.7 Å². The highest BCUT2D eigenvalue weighted by molar-refractivity contribution is 7.10. The lowest BCUT2D eigenvalue weighted by Gasteiger charge is -2.39. The minimum atomic E-state index is -0.354. The van der Waals surface area contributed by atoms with Crippen molar-refractivity contribution in [2.45, 2.75) is 31.4 Å². The summed E-state index contributed by atoms with van der Waals surface area (Å²) in [6.07, 6.45) is 2.98. The van der Waals surface area contributed by atoms with Crippen LogP contribution in [0.1, 0.15) is 30.2 Å². The predicted octanol–water partition coefficient (Wildman–Crippen LogP) is 2.29. The molecule has 1 aromatic heterocycles. The van der Waals surface area contributed by atoms with Crippen LogP contribution in [0.2, 0.25) is 0 Å². The van der Waals surface area contributed by atoms with E-state index in [1.54, 1.807) is 11.3 Å². The van der Waals surface area contributed by atoms with Crippen LogP contribution in [0.5, 0.6) is 0 Å². The van der Waals surface area contributed by atoms with Crippen molar-refractivity contribution in [3.63, 3.8) is 0 Å². The van der Waals surface area contributed by atoms with Gasteiger partial charge in [-0.15, -0.1) is 23.7 Å². The minimum Gasteiger partial charge on any atom is -0.388 e. The largest absolute Gasteiger partial charge is 0.388 e. The van der Waals surface area contributed by atoms with Gasteiger partial charge < -0.3 is 15.2 Å². The summed E-state index contributed by atoms with van der Waals surface area (Å²) < 4.78 is 5.66. The second kappa shape index (κ2) is 9.21. The monoisotopic (exact) mass is 346 g/mol. The fourth-order valence-corrected chi connectivity index (χ4v) is 4.12. The first-order valence-corrected chi connectivity index (χ1v) is 8.95. The molecule has 2 aliphatic rings. The topological polar surface area (TPSA) is 44.7 Å². The van der Waals surface area contributed by atoms with Crippen LogP contribution in [0, 0.1) is 5.92 Å². The van der Waals surface area contributed by atoms with Crippen LogP contribution in [-0.2, 0) is 4.74 Å². The number of thiophene rings is 1. The number of nitrogens with one attached hydrogen (secondary N) is 1. The van der Waals surface area contributed by atoms with Gasteiger partial charge in [-0.25, -0.2) is 0 Å². The van der Waals surface area contributed by atoms with E-state index >= 15 is 0 Å². The number of ether oxygens (including phenoxy) is 1. The highest BCUT2D eigenvalue weighted by atomic mass is 35.5. The maximum atomic E-state index is 10.4. The molecule has 126 valence electrons. The van der Waals surface area contributed by atoms with Crippen molar-refractivity contribution < 1.29 is 9.84 Å². The van der Waals surface area contributed by atoms with Crippen LogP contribution in [0.3, 0.4) is 0 Å². The van der Waals surface area contributed by atoms with E-state index in [-0.39, 0.29) is 18.5 Å². The second-order valence-corrected chi connectivity index (χ2v) is 7.16. The van der Waals surface area contributed by atoms with Crippen molar-refractivity contribution in [1.82, 2.24) is 10.2 Å². The summed E-state index contributed by atoms with van der Waals surface area (Å²) in [5.41, 5.74) is 0. The summed E-state index contributed by atoms with van der Waals surface area (Å²) in [6.45, 7) is 6.05. The van der Waals surface area contributed by atoms with Gasteiger partial charge in [0.15, 0.2) is 0 Å². The van der Waals surface area contributed by atoms with E-state index in [4.69, 9.17) is 4.74 Å². The van der Waals surface area contributed by atoms with Gasteiger partial charge in [-0.2, -0.15) is 0 Å². The molecule has 1 aromatic rings. The molecule has 0 aromatic carbocycles. The highest BCUT2D eigenvalue weighted by Crippen LogP contribution is 2.27. The zero-order valence-electron chi connectivity index (χ0n) is 12.9. The minimum absolute atomic E-state index is 0. The van der Waals surface area contributed by atoms with Crippen LogP contribution in [0.4, 0.5) is 0 Å². The van der Waals surface area contributed by atoms with Crippen LogP contribution in [-0.4, -0.2) is 55.4 Å². The van der Waals surface area contributed by atoms with Crippen LogP contribution < -0.4 is 5.32 Å². The summed E-state index contributed by atoms with van der Waals surface area (Å²) >= 11 is 1.64. The second-order valence-electron chi connectivity index (χ2n) is 6.18. The molecule has 6 heteroatoms. The van der Waals surface area contributed by atoms with Crippen molar-refractivity contribution in [1.29, 1.82) is 0 Å². The molecule has 3 rings (SSSR count). The first-order valence-electron chi connectivity index (χ1n) is 8.07. The summed E-state index contributed by atoms with van der Waals surface area (Å²) in [4.78, 5) is 3.62. The molecular formula is C16H27ClN2O2S. The molecule has 2 atom stereocenters. The molecule has 0 bridgehead atoms. The molecule has 0 saturated carbocycles. The SMILES string of the molecule is Cl.OC(CC1COCCN1CC1CCNCC1)c1cccs1. The van der Waals surface area contributed by atoms with Crippen molar-refractivity contribution in [2.24, 2.45) is 5.92 Å². The van der Waals surface area contributed by atoms with E-state index in [1.165, 1.54) is 12.8 Å². The Morgan fingerprint density at radius 2 is 2.23 bits per heavy atom. The molecule has 2 unspecified atom stereocenters. The Hall–Kier alpha value is -0.170. The average molecular weight is 347 g/mol. The Balaban J connectivity index is 0.00000176. The number of piperidine rings is 1. The zero-order chi connectivity index (χ0) is 14.5. The van der Waals surface area contributed by atoms with Crippen molar-refractivity contribution in [3.05, 3.63) is 22.4 Å². The molecule has 0 aliphatic carbocycles. The third kappa shape index (κ3) is 4.91. The van der Waals surface area contributed by atoms with E-state index in [1.807, 2.05) is 17.5 Å². The number of hydrogen-bond acceptors (Lipinski definition) is 5. The molecule has 2 N–H and O–H groups in total. The molecule has 2 fully saturated rings. The first-order chi connectivity index (χ1) is 10.3. The summed E-state index contributed by atoms with van der Waals surface area (Å²) in [5.74, 6) is 0.797. The van der Waals surface area contributed by atoms with E-state index in [0.717, 1.165) is 56.6 Å². The Kier molecular flexibility index (Phi) is 7.60. The fourth-order valence-electron chi connectivity index (χ4n) is 3.40. The molecule has 0 radical (unpaired) electrons. The molecule has 0 amide bonds. The lowest BCUT2D eigenvalue weighted by atomic mass is 9.95. The molecule has 0 spiro atoms. The Morgan fingerprint density at radius 1 is 1.41 bits per heavy atom. The van der Waals surface area contributed by atoms with Gasteiger partial charge in [-0.1, -0.05) is 6.07 Å². The molecule has 2 aliphatic heterocycles. The molecule has 22 heavy (non-hydrogen) atoms. The number of aliphatic hydroxyl groups excluding tert-OH is 1. The van der Waals surface area contributed by atoms with Gasteiger partial charge >= 0.3 is 0 Å². The van der Waals surface area contributed by atoms with E-state index in [9.17, 15) is 5.11 Å². The normalized spacial score (nSPS) is 25.6. The Bertz CT molecular complexity index is 412. The molecular weight excluding hydrogens is 320 g/mol. The lowest BCUT2D eigenvalue weighted by Crippen LogP contribution is -2.49.